The van der Waals surface area contributed by atoms with Crippen LogP contribution in [0.5, 0.6) is 0 Å². The van der Waals surface area contributed by atoms with Gasteiger partial charge in [0.1, 0.15) is 5.54 Å². The molecule has 1 atom stereocenters. The molecule has 1 heterocycles. The van der Waals surface area contributed by atoms with Crippen LogP contribution in [0.4, 0.5) is 0 Å². The third-order valence-corrected chi connectivity index (χ3v) is 4.74. The first-order chi connectivity index (χ1) is 9.93. The summed E-state index contributed by atoms with van der Waals surface area (Å²) in [5.74, 6) is -0.0502. The van der Waals surface area contributed by atoms with Crippen molar-refractivity contribution in [2.45, 2.75) is 38.6 Å². The lowest BCUT2D eigenvalue weighted by Gasteiger charge is -2.33. The van der Waals surface area contributed by atoms with E-state index in [2.05, 4.69) is 12.2 Å². The number of amides is 2. The second kappa shape index (κ2) is 4.86. The number of hydrogen-bond acceptors (Lipinski definition) is 2. The van der Waals surface area contributed by atoms with E-state index >= 15 is 0 Å². The Bertz CT molecular complexity index is 565. The van der Waals surface area contributed by atoms with Crippen molar-refractivity contribution in [2.24, 2.45) is 5.41 Å². The molecular weight excluding hydrogens is 264 g/mol. The van der Waals surface area contributed by atoms with Gasteiger partial charge in [0.05, 0.1) is 0 Å². The topological polar surface area (TPSA) is 49.4 Å². The maximum atomic E-state index is 13.0. The highest BCUT2D eigenvalue weighted by atomic mass is 16.2. The van der Waals surface area contributed by atoms with Crippen molar-refractivity contribution in [3.05, 3.63) is 35.9 Å². The summed E-state index contributed by atoms with van der Waals surface area (Å²) in [5, 5.41) is 2.93. The molecule has 1 aromatic carbocycles. The third kappa shape index (κ3) is 2.67. The zero-order chi connectivity index (χ0) is 15.1. The highest BCUT2D eigenvalue weighted by molar-refractivity contribution is 5.94. The van der Waals surface area contributed by atoms with Crippen LogP contribution in [-0.4, -0.2) is 29.8 Å². The fourth-order valence-corrected chi connectivity index (χ4v) is 3.00. The Morgan fingerprint density at radius 2 is 1.81 bits per heavy atom. The van der Waals surface area contributed by atoms with Crippen LogP contribution in [0.15, 0.2) is 30.3 Å². The number of carbonyl (C=O) groups excluding carboxylic acids is 2. The van der Waals surface area contributed by atoms with E-state index in [9.17, 15) is 9.59 Å². The first-order valence-electron chi connectivity index (χ1n) is 7.59. The van der Waals surface area contributed by atoms with Gasteiger partial charge in [0.25, 0.3) is 5.91 Å². The number of nitrogens with one attached hydrogen (secondary N) is 1. The molecule has 0 radical (unpaired) electrons. The zero-order valence-corrected chi connectivity index (χ0v) is 12.7. The maximum absolute atomic E-state index is 13.0. The van der Waals surface area contributed by atoms with Gasteiger partial charge in [0, 0.05) is 19.5 Å². The number of benzene rings is 1. The molecule has 1 aromatic rings. The average Bonchev–Trinajstić information content (AvgIpc) is 3.21. The second-order valence-electron chi connectivity index (χ2n) is 6.83. The number of hydrogen-bond donors (Lipinski definition) is 1. The lowest BCUT2D eigenvalue weighted by Crippen LogP contribution is -2.53. The van der Waals surface area contributed by atoms with E-state index in [1.807, 2.05) is 42.2 Å². The third-order valence-electron chi connectivity index (χ3n) is 4.74. The van der Waals surface area contributed by atoms with Gasteiger partial charge in [-0.05, 0) is 30.7 Å². The van der Waals surface area contributed by atoms with Crippen molar-refractivity contribution in [3.8, 4) is 0 Å². The van der Waals surface area contributed by atoms with Crippen molar-refractivity contribution in [1.82, 2.24) is 10.2 Å². The molecule has 3 rings (SSSR count). The van der Waals surface area contributed by atoms with Gasteiger partial charge < -0.3 is 10.2 Å². The summed E-state index contributed by atoms with van der Waals surface area (Å²) in [6.45, 7) is 5.29. The summed E-state index contributed by atoms with van der Waals surface area (Å²) < 4.78 is 0. The van der Waals surface area contributed by atoms with E-state index < -0.39 is 5.54 Å². The minimum absolute atomic E-state index is 0.00711. The summed E-state index contributed by atoms with van der Waals surface area (Å²) in [7, 11) is 0. The van der Waals surface area contributed by atoms with Crippen LogP contribution >= 0.6 is 0 Å². The van der Waals surface area contributed by atoms with Gasteiger partial charge in [0.2, 0.25) is 5.91 Å². The Balaban J connectivity index is 1.93. The molecule has 112 valence electrons. The van der Waals surface area contributed by atoms with Crippen LogP contribution in [0.3, 0.4) is 0 Å². The molecule has 4 nitrogen and oxygen atoms in total. The monoisotopic (exact) mass is 286 g/mol. The van der Waals surface area contributed by atoms with Crippen LogP contribution in [0.2, 0.25) is 0 Å². The zero-order valence-electron chi connectivity index (χ0n) is 12.7. The van der Waals surface area contributed by atoms with Gasteiger partial charge in [0.15, 0.2) is 0 Å². The number of rotatable bonds is 3. The molecule has 1 unspecified atom stereocenters. The molecule has 2 aliphatic rings. The Morgan fingerprint density at radius 1 is 1.14 bits per heavy atom. The van der Waals surface area contributed by atoms with Gasteiger partial charge in [-0.3, -0.25) is 9.59 Å². The summed E-state index contributed by atoms with van der Waals surface area (Å²) in [6.07, 6.45) is 2.71. The first-order valence-corrected chi connectivity index (χ1v) is 7.59. The number of carbonyl (C=O) groups is 2. The van der Waals surface area contributed by atoms with Gasteiger partial charge in [-0.25, -0.2) is 0 Å². The van der Waals surface area contributed by atoms with Crippen LogP contribution in [0, 0.1) is 5.41 Å². The standard InChI is InChI=1S/C17H22N2O2/c1-16(9-10-16)12-19-11-8-14(20)18-17(2,15(19)21)13-6-4-3-5-7-13/h3-7H,8-12H2,1-2H3,(H,18,20). The van der Waals surface area contributed by atoms with Gasteiger partial charge in [-0.15, -0.1) is 0 Å². The highest BCUT2D eigenvalue weighted by Crippen LogP contribution is 2.46. The van der Waals surface area contributed by atoms with E-state index in [0.717, 1.165) is 12.1 Å². The lowest BCUT2D eigenvalue weighted by molar-refractivity contribution is -0.139. The molecule has 1 aliphatic heterocycles. The smallest absolute Gasteiger partial charge is 0.252 e. The van der Waals surface area contributed by atoms with Crippen molar-refractivity contribution in [2.75, 3.05) is 13.1 Å². The molecule has 1 N–H and O–H groups in total. The first kappa shape index (κ1) is 14.1. The largest absolute Gasteiger partial charge is 0.339 e. The Kier molecular flexibility index (Phi) is 3.27. The van der Waals surface area contributed by atoms with Crippen molar-refractivity contribution in [3.63, 3.8) is 0 Å². The molecule has 0 spiro atoms. The van der Waals surface area contributed by atoms with Crippen LogP contribution in [0.1, 0.15) is 38.7 Å². The van der Waals surface area contributed by atoms with E-state index in [1.54, 1.807) is 0 Å². The molecule has 21 heavy (non-hydrogen) atoms. The average molecular weight is 286 g/mol. The molecule has 0 aromatic heterocycles. The predicted octanol–water partition coefficient (Wildman–Crippen LogP) is 2.05. The van der Waals surface area contributed by atoms with Crippen molar-refractivity contribution >= 4 is 11.8 Å². The van der Waals surface area contributed by atoms with E-state index in [-0.39, 0.29) is 17.2 Å². The quantitative estimate of drug-likeness (QED) is 0.924. The number of nitrogens with zero attached hydrogens (tertiary/aromatic N) is 1. The van der Waals surface area contributed by atoms with Crippen LogP contribution in [0.25, 0.3) is 0 Å². The summed E-state index contributed by atoms with van der Waals surface area (Å²) >= 11 is 0. The lowest BCUT2D eigenvalue weighted by atomic mass is 9.90. The molecule has 4 heteroatoms. The molecule has 2 amide bonds. The van der Waals surface area contributed by atoms with E-state index in [1.165, 1.54) is 12.8 Å². The minimum Gasteiger partial charge on any atom is -0.339 e. The summed E-state index contributed by atoms with van der Waals surface area (Å²) in [4.78, 5) is 27.0. The molecular formula is C17H22N2O2. The molecule has 1 saturated carbocycles. The predicted molar refractivity (Wildman–Crippen MR) is 80.5 cm³/mol. The molecule has 2 fully saturated rings. The van der Waals surface area contributed by atoms with Gasteiger partial charge >= 0.3 is 0 Å². The van der Waals surface area contributed by atoms with Crippen LogP contribution in [-0.2, 0) is 15.1 Å². The summed E-state index contributed by atoms with van der Waals surface area (Å²) in [5.41, 5.74) is 0.136. The van der Waals surface area contributed by atoms with E-state index in [4.69, 9.17) is 0 Å². The highest BCUT2D eigenvalue weighted by Gasteiger charge is 2.46. The maximum Gasteiger partial charge on any atom is 0.252 e. The Hall–Kier alpha value is -1.84. The second-order valence-corrected chi connectivity index (χ2v) is 6.83. The van der Waals surface area contributed by atoms with Crippen molar-refractivity contribution < 1.29 is 9.59 Å². The SMILES string of the molecule is CC1(CN2CCC(=O)NC(C)(c3ccccc3)C2=O)CC1. The van der Waals surface area contributed by atoms with E-state index in [0.29, 0.717) is 13.0 Å². The minimum atomic E-state index is -0.958. The van der Waals surface area contributed by atoms with Gasteiger partial charge in [-0.1, -0.05) is 37.3 Å². The molecule has 1 aliphatic carbocycles. The fourth-order valence-electron chi connectivity index (χ4n) is 3.00. The van der Waals surface area contributed by atoms with Crippen molar-refractivity contribution in [1.29, 1.82) is 0 Å². The van der Waals surface area contributed by atoms with Crippen LogP contribution < -0.4 is 5.32 Å². The normalized spacial score (nSPS) is 28.0. The molecule has 1 saturated heterocycles. The fraction of sp³-hybridized carbons (Fsp3) is 0.529. The summed E-state index contributed by atoms with van der Waals surface area (Å²) in [6, 6.07) is 9.52. The Labute approximate surface area is 125 Å². The Morgan fingerprint density at radius 3 is 2.43 bits per heavy atom. The molecule has 0 bridgehead atoms. The van der Waals surface area contributed by atoms with Gasteiger partial charge in [-0.2, -0.15) is 0 Å².